The largest absolute Gasteiger partial charge is 0.278 e. The molecule has 0 spiro atoms. The second kappa shape index (κ2) is 5.08. The molecule has 2 rings (SSSR count). The van der Waals surface area contributed by atoms with Gasteiger partial charge in [-0.3, -0.25) is 14.5 Å². The summed E-state index contributed by atoms with van der Waals surface area (Å²) in [6, 6.07) is 4.38. The molecule has 1 heterocycles. The van der Waals surface area contributed by atoms with Gasteiger partial charge in [0.25, 0.3) is 5.91 Å². The van der Waals surface area contributed by atoms with Crippen LogP contribution in [0.4, 0.5) is 5.69 Å². The van der Waals surface area contributed by atoms with Gasteiger partial charge in [0, 0.05) is 22.9 Å². The number of nitrogens with zero attached hydrogens (tertiary/aromatic N) is 4. The first-order valence-corrected chi connectivity index (χ1v) is 5.70. The zero-order valence-corrected chi connectivity index (χ0v) is 10.1. The highest BCUT2D eigenvalue weighted by Gasteiger charge is 2.28. The molecule has 92 valence electrons. The van der Waals surface area contributed by atoms with E-state index in [-0.39, 0.29) is 17.2 Å². The number of hydrogen-bond acceptors (Lipinski definition) is 3. The fourth-order valence-corrected chi connectivity index (χ4v) is 2.00. The Balaban J connectivity index is 2.42. The fraction of sp³-hybridized carbons (Fsp3) is 0.273. The zero-order chi connectivity index (χ0) is 13.1. The van der Waals surface area contributed by atoms with Crippen molar-refractivity contribution >= 4 is 29.1 Å². The van der Waals surface area contributed by atoms with E-state index < -0.39 is 5.91 Å². The Kier molecular flexibility index (Phi) is 3.50. The van der Waals surface area contributed by atoms with E-state index in [1.54, 1.807) is 0 Å². The normalized spacial score (nSPS) is 14.5. The van der Waals surface area contributed by atoms with Crippen molar-refractivity contribution in [2.45, 2.75) is 12.8 Å². The molecule has 0 radical (unpaired) electrons. The summed E-state index contributed by atoms with van der Waals surface area (Å²) >= 11 is 5.81. The van der Waals surface area contributed by atoms with Gasteiger partial charge in [-0.15, -0.1) is 0 Å². The molecule has 0 aromatic heterocycles. The van der Waals surface area contributed by atoms with Crippen LogP contribution in [-0.4, -0.2) is 23.3 Å². The smallest absolute Gasteiger partial charge is 0.260 e. The number of hydrogen-bond donors (Lipinski definition) is 0. The van der Waals surface area contributed by atoms with Gasteiger partial charge in [-0.05, 0) is 24.1 Å². The van der Waals surface area contributed by atoms with Gasteiger partial charge in [0.2, 0.25) is 5.91 Å². The van der Waals surface area contributed by atoms with Crippen LogP contribution in [-0.2, 0) is 4.79 Å². The van der Waals surface area contributed by atoms with Gasteiger partial charge in [0.1, 0.15) is 0 Å². The standard InChI is InChI=1S/C11H9ClN4O2/c12-7-3-4-9(14-15-13)8(6-7)11(18)16-5-1-2-10(16)17/h3-4,6H,1-2,5H2. The molecule has 6 nitrogen and oxygen atoms in total. The molecule has 0 N–H and O–H groups in total. The molecular weight excluding hydrogens is 256 g/mol. The summed E-state index contributed by atoms with van der Waals surface area (Å²) < 4.78 is 0. The number of halogens is 1. The van der Waals surface area contributed by atoms with Crippen molar-refractivity contribution < 1.29 is 9.59 Å². The van der Waals surface area contributed by atoms with Crippen LogP contribution in [0, 0.1) is 0 Å². The highest BCUT2D eigenvalue weighted by molar-refractivity contribution is 6.31. The third-order valence-corrected chi connectivity index (χ3v) is 2.90. The first kappa shape index (κ1) is 12.4. The molecule has 18 heavy (non-hydrogen) atoms. The lowest BCUT2D eigenvalue weighted by molar-refractivity contribution is -0.125. The molecule has 0 saturated carbocycles. The molecule has 0 aliphatic carbocycles. The molecule has 7 heteroatoms. The maximum Gasteiger partial charge on any atom is 0.260 e. The van der Waals surface area contributed by atoms with Crippen molar-refractivity contribution in [1.29, 1.82) is 0 Å². The molecule has 1 saturated heterocycles. The Morgan fingerprint density at radius 3 is 2.89 bits per heavy atom. The summed E-state index contributed by atoms with van der Waals surface area (Å²) in [7, 11) is 0. The Labute approximate surface area is 108 Å². The van der Waals surface area contributed by atoms with E-state index in [0.717, 1.165) is 4.90 Å². The predicted molar refractivity (Wildman–Crippen MR) is 65.5 cm³/mol. The van der Waals surface area contributed by atoms with E-state index in [0.29, 0.717) is 24.4 Å². The number of carbonyl (C=O) groups excluding carboxylic acids is 2. The zero-order valence-electron chi connectivity index (χ0n) is 9.34. The average molecular weight is 265 g/mol. The van der Waals surface area contributed by atoms with Gasteiger partial charge in [-0.1, -0.05) is 22.8 Å². The van der Waals surface area contributed by atoms with Gasteiger partial charge < -0.3 is 0 Å². The quantitative estimate of drug-likeness (QED) is 0.356. The van der Waals surface area contributed by atoms with Gasteiger partial charge in [-0.2, -0.15) is 0 Å². The predicted octanol–water partition coefficient (Wildman–Crippen LogP) is 3.04. The van der Waals surface area contributed by atoms with Gasteiger partial charge in [0.05, 0.1) is 11.3 Å². The van der Waals surface area contributed by atoms with Gasteiger partial charge >= 0.3 is 0 Å². The number of benzene rings is 1. The van der Waals surface area contributed by atoms with Crippen LogP contribution in [0.15, 0.2) is 23.3 Å². The summed E-state index contributed by atoms with van der Waals surface area (Å²) in [6.07, 6.45) is 1.02. The third-order valence-electron chi connectivity index (χ3n) is 2.66. The van der Waals surface area contributed by atoms with E-state index in [2.05, 4.69) is 10.0 Å². The summed E-state index contributed by atoms with van der Waals surface area (Å²) in [4.78, 5) is 27.5. The lowest BCUT2D eigenvalue weighted by atomic mass is 10.1. The van der Waals surface area contributed by atoms with Gasteiger partial charge in [-0.25, -0.2) is 0 Å². The van der Waals surface area contributed by atoms with Crippen molar-refractivity contribution in [3.8, 4) is 0 Å². The average Bonchev–Trinajstić information content (AvgIpc) is 2.77. The SMILES string of the molecule is [N-]=[N+]=Nc1ccc(Cl)cc1C(=O)N1CCCC1=O. The minimum Gasteiger partial charge on any atom is -0.278 e. The second-order valence-corrected chi connectivity index (χ2v) is 4.24. The number of amides is 2. The Morgan fingerprint density at radius 1 is 1.50 bits per heavy atom. The first-order chi connectivity index (χ1) is 8.63. The molecule has 0 bridgehead atoms. The monoisotopic (exact) mass is 264 g/mol. The van der Waals surface area contributed by atoms with Crippen LogP contribution < -0.4 is 0 Å². The molecule has 1 aliphatic rings. The van der Waals surface area contributed by atoms with E-state index in [1.807, 2.05) is 0 Å². The molecule has 1 aliphatic heterocycles. The Morgan fingerprint density at radius 2 is 2.28 bits per heavy atom. The summed E-state index contributed by atoms with van der Waals surface area (Å²) in [5.41, 5.74) is 8.77. The van der Waals surface area contributed by atoms with E-state index in [1.165, 1.54) is 18.2 Å². The topological polar surface area (TPSA) is 86.1 Å². The van der Waals surface area contributed by atoms with Crippen molar-refractivity contribution in [1.82, 2.24) is 4.90 Å². The van der Waals surface area contributed by atoms with Crippen LogP contribution in [0.3, 0.4) is 0 Å². The minimum atomic E-state index is -0.470. The second-order valence-electron chi connectivity index (χ2n) is 3.80. The van der Waals surface area contributed by atoms with E-state index in [4.69, 9.17) is 17.1 Å². The van der Waals surface area contributed by atoms with Gasteiger partial charge in [0.15, 0.2) is 0 Å². The number of rotatable bonds is 2. The fourth-order valence-electron chi connectivity index (χ4n) is 1.82. The van der Waals surface area contributed by atoms with Crippen molar-refractivity contribution in [2.75, 3.05) is 6.54 Å². The number of likely N-dealkylation sites (tertiary alicyclic amines) is 1. The van der Waals surface area contributed by atoms with Crippen LogP contribution in [0.5, 0.6) is 0 Å². The highest BCUT2D eigenvalue weighted by Crippen LogP contribution is 2.26. The first-order valence-electron chi connectivity index (χ1n) is 5.33. The van der Waals surface area contributed by atoms with Crippen molar-refractivity contribution in [3.05, 3.63) is 39.2 Å². The molecule has 1 aromatic rings. The van der Waals surface area contributed by atoms with Crippen molar-refractivity contribution in [2.24, 2.45) is 5.11 Å². The maximum atomic E-state index is 12.2. The number of carbonyl (C=O) groups is 2. The molecular formula is C11H9ClN4O2. The number of azide groups is 1. The number of imide groups is 1. The molecule has 0 unspecified atom stereocenters. The molecule has 0 atom stereocenters. The molecule has 2 amide bonds. The Bertz CT molecular complexity index is 566. The minimum absolute atomic E-state index is 0.149. The summed E-state index contributed by atoms with van der Waals surface area (Å²) in [6.45, 7) is 0.389. The van der Waals surface area contributed by atoms with Crippen LogP contribution in [0.1, 0.15) is 23.2 Å². The molecule has 1 fully saturated rings. The van der Waals surface area contributed by atoms with Crippen LogP contribution >= 0.6 is 11.6 Å². The lowest BCUT2D eigenvalue weighted by Crippen LogP contribution is -2.31. The van der Waals surface area contributed by atoms with E-state index in [9.17, 15) is 9.59 Å². The van der Waals surface area contributed by atoms with Crippen LogP contribution in [0.2, 0.25) is 5.02 Å². The summed E-state index contributed by atoms with van der Waals surface area (Å²) in [5, 5.41) is 3.78. The third kappa shape index (κ3) is 2.30. The Hall–Kier alpha value is -2.04. The maximum absolute atomic E-state index is 12.2. The van der Waals surface area contributed by atoms with Crippen molar-refractivity contribution in [3.63, 3.8) is 0 Å². The van der Waals surface area contributed by atoms with Crippen LogP contribution in [0.25, 0.3) is 10.4 Å². The highest BCUT2D eigenvalue weighted by atomic mass is 35.5. The lowest BCUT2D eigenvalue weighted by Gasteiger charge is -2.14. The van der Waals surface area contributed by atoms with E-state index >= 15 is 0 Å². The summed E-state index contributed by atoms with van der Waals surface area (Å²) in [5.74, 6) is -0.686. The molecule has 1 aromatic carbocycles.